The maximum atomic E-state index is 11.0. The van der Waals surface area contributed by atoms with Gasteiger partial charge in [0.15, 0.2) is 5.69 Å². The van der Waals surface area contributed by atoms with Gasteiger partial charge in [0.25, 0.3) is 0 Å². The summed E-state index contributed by atoms with van der Waals surface area (Å²) < 4.78 is 7.18. The molecule has 118 valence electrons. The highest BCUT2D eigenvalue weighted by molar-refractivity contribution is 6.31. The molecule has 0 saturated carbocycles. The van der Waals surface area contributed by atoms with Crippen LogP contribution in [0.15, 0.2) is 47.6 Å². The van der Waals surface area contributed by atoms with Crippen LogP contribution in [0.5, 0.6) is 11.6 Å². The second-order valence-electron chi connectivity index (χ2n) is 4.88. The third-order valence-corrected chi connectivity index (χ3v) is 3.95. The summed E-state index contributed by atoms with van der Waals surface area (Å²) in [6.07, 6.45) is 0. The summed E-state index contributed by atoms with van der Waals surface area (Å²) >= 11 is 11.8. The molecule has 0 bridgehead atoms. The number of rotatable bonds is 5. The highest BCUT2D eigenvalue weighted by Gasteiger charge is 2.17. The third-order valence-electron chi connectivity index (χ3n) is 3.46. The van der Waals surface area contributed by atoms with Crippen LogP contribution in [-0.2, 0) is 6.54 Å². The van der Waals surface area contributed by atoms with Gasteiger partial charge in [0.1, 0.15) is 12.4 Å². The number of aromatic nitrogens is 1. The van der Waals surface area contributed by atoms with E-state index in [0.717, 1.165) is 0 Å². The van der Waals surface area contributed by atoms with Crippen molar-refractivity contribution in [2.24, 2.45) is 5.18 Å². The Hall–Kier alpha value is -2.24. The van der Waals surface area contributed by atoms with Crippen molar-refractivity contribution in [3.63, 3.8) is 0 Å². The minimum Gasteiger partial charge on any atom is -0.493 e. The average molecular weight is 351 g/mol. The Morgan fingerprint density at radius 2 is 1.78 bits per heavy atom. The SMILES string of the molecule is O=Nc1c(O)n(CCOc2ccc(Cl)cc2)c2ccc(Cl)cc12. The lowest BCUT2D eigenvalue weighted by Gasteiger charge is -2.09. The molecule has 3 rings (SSSR count). The molecule has 0 amide bonds. The second kappa shape index (κ2) is 6.48. The Balaban J connectivity index is 1.83. The van der Waals surface area contributed by atoms with Crippen molar-refractivity contribution in [1.29, 1.82) is 0 Å². The van der Waals surface area contributed by atoms with Gasteiger partial charge >= 0.3 is 0 Å². The zero-order valence-electron chi connectivity index (χ0n) is 11.9. The van der Waals surface area contributed by atoms with Crippen molar-refractivity contribution in [2.75, 3.05) is 6.61 Å². The van der Waals surface area contributed by atoms with Crippen LogP contribution in [0.3, 0.4) is 0 Å². The molecule has 1 aromatic heterocycles. The summed E-state index contributed by atoms with van der Waals surface area (Å²) in [6.45, 7) is 0.655. The first kappa shape index (κ1) is 15.6. The molecular weight excluding hydrogens is 339 g/mol. The first-order valence-corrected chi connectivity index (χ1v) is 7.58. The van der Waals surface area contributed by atoms with E-state index in [4.69, 9.17) is 27.9 Å². The molecule has 0 spiro atoms. The number of nitrogens with zero attached hydrogens (tertiary/aromatic N) is 2. The number of fused-ring (bicyclic) bond motifs is 1. The summed E-state index contributed by atoms with van der Waals surface area (Å²) in [7, 11) is 0. The molecule has 1 heterocycles. The van der Waals surface area contributed by atoms with Gasteiger partial charge in [-0.15, -0.1) is 4.91 Å². The fourth-order valence-electron chi connectivity index (χ4n) is 2.40. The highest BCUT2D eigenvalue weighted by Crippen LogP contribution is 2.39. The molecule has 0 saturated heterocycles. The maximum Gasteiger partial charge on any atom is 0.222 e. The number of halogens is 2. The van der Waals surface area contributed by atoms with E-state index in [1.807, 2.05) is 0 Å². The van der Waals surface area contributed by atoms with E-state index in [0.29, 0.717) is 39.8 Å². The Morgan fingerprint density at radius 3 is 2.48 bits per heavy atom. The fourth-order valence-corrected chi connectivity index (χ4v) is 2.70. The first-order valence-electron chi connectivity index (χ1n) is 6.82. The quantitative estimate of drug-likeness (QED) is 0.648. The van der Waals surface area contributed by atoms with Crippen molar-refractivity contribution in [1.82, 2.24) is 4.57 Å². The molecular formula is C16H12Cl2N2O3. The zero-order valence-corrected chi connectivity index (χ0v) is 13.4. The lowest BCUT2D eigenvalue weighted by atomic mass is 10.2. The standard InChI is InChI=1S/C16H12Cl2N2O3/c17-10-1-4-12(5-2-10)23-8-7-20-14-6-3-11(18)9-13(14)15(19-22)16(20)21/h1-6,9,21H,7-8H2. The minimum atomic E-state index is -0.197. The zero-order chi connectivity index (χ0) is 16.4. The summed E-state index contributed by atoms with van der Waals surface area (Å²) in [5.74, 6) is 0.471. The molecule has 3 aromatic rings. The normalized spacial score (nSPS) is 10.9. The Labute approximate surface area is 142 Å². The van der Waals surface area contributed by atoms with Crippen LogP contribution >= 0.6 is 23.2 Å². The molecule has 0 radical (unpaired) electrons. The largest absolute Gasteiger partial charge is 0.493 e. The van der Waals surface area contributed by atoms with Gasteiger partial charge in [0.05, 0.1) is 12.1 Å². The minimum absolute atomic E-state index is 0.0195. The van der Waals surface area contributed by atoms with Gasteiger partial charge in [-0.2, -0.15) is 0 Å². The van der Waals surface area contributed by atoms with Crippen molar-refractivity contribution < 1.29 is 9.84 Å². The number of aromatic hydroxyl groups is 1. The number of benzene rings is 2. The van der Waals surface area contributed by atoms with Gasteiger partial charge in [0, 0.05) is 15.4 Å². The Morgan fingerprint density at radius 1 is 1.09 bits per heavy atom. The van der Waals surface area contributed by atoms with E-state index in [1.165, 1.54) is 0 Å². The first-order chi connectivity index (χ1) is 11.1. The van der Waals surface area contributed by atoms with Crippen LogP contribution in [0, 0.1) is 4.91 Å². The highest BCUT2D eigenvalue weighted by atomic mass is 35.5. The summed E-state index contributed by atoms with van der Waals surface area (Å²) in [5, 5.41) is 14.7. The fraction of sp³-hybridized carbons (Fsp3) is 0.125. The van der Waals surface area contributed by atoms with Gasteiger partial charge in [-0.05, 0) is 47.6 Å². The third kappa shape index (κ3) is 3.11. The lowest BCUT2D eigenvalue weighted by Crippen LogP contribution is -2.07. The molecule has 0 aliphatic heterocycles. The smallest absolute Gasteiger partial charge is 0.222 e. The molecule has 23 heavy (non-hydrogen) atoms. The van der Waals surface area contributed by atoms with Crippen LogP contribution in [0.2, 0.25) is 10.0 Å². The van der Waals surface area contributed by atoms with Gasteiger partial charge in [-0.3, -0.25) is 0 Å². The van der Waals surface area contributed by atoms with Crippen LogP contribution in [0.4, 0.5) is 5.69 Å². The van der Waals surface area contributed by atoms with Crippen molar-refractivity contribution in [3.05, 3.63) is 57.4 Å². The summed E-state index contributed by atoms with van der Waals surface area (Å²) in [4.78, 5) is 11.0. The number of ether oxygens (including phenoxy) is 1. The van der Waals surface area contributed by atoms with E-state index >= 15 is 0 Å². The average Bonchev–Trinajstić information content (AvgIpc) is 2.80. The van der Waals surface area contributed by atoms with E-state index in [1.54, 1.807) is 47.0 Å². The van der Waals surface area contributed by atoms with Crippen LogP contribution in [0.1, 0.15) is 0 Å². The molecule has 2 aromatic carbocycles. The molecule has 0 fully saturated rings. The van der Waals surface area contributed by atoms with Gasteiger partial charge < -0.3 is 14.4 Å². The lowest BCUT2D eigenvalue weighted by molar-refractivity contribution is 0.290. The number of hydrogen-bond acceptors (Lipinski definition) is 4. The second-order valence-corrected chi connectivity index (χ2v) is 5.75. The topological polar surface area (TPSA) is 63.8 Å². The van der Waals surface area contributed by atoms with Crippen molar-refractivity contribution in [3.8, 4) is 11.6 Å². The monoisotopic (exact) mass is 350 g/mol. The number of hydrogen-bond donors (Lipinski definition) is 1. The molecule has 0 unspecified atom stereocenters. The Bertz CT molecular complexity index is 860. The van der Waals surface area contributed by atoms with E-state index < -0.39 is 0 Å². The van der Waals surface area contributed by atoms with Crippen LogP contribution in [-0.4, -0.2) is 16.3 Å². The van der Waals surface area contributed by atoms with Crippen molar-refractivity contribution in [2.45, 2.75) is 6.54 Å². The Kier molecular flexibility index (Phi) is 4.41. The predicted molar refractivity (Wildman–Crippen MR) is 91.0 cm³/mol. The van der Waals surface area contributed by atoms with E-state index in [9.17, 15) is 10.0 Å². The molecule has 1 N–H and O–H groups in total. The van der Waals surface area contributed by atoms with Gasteiger partial charge in [-0.25, -0.2) is 0 Å². The van der Waals surface area contributed by atoms with Gasteiger partial charge in [0.2, 0.25) is 5.88 Å². The summed E-state index contributed by atoms with van der Waals surface area (Å²) in [5.41, 5.74) is 0.648. The predicted octanol–water partition coefficient (Wildman–Crippen LogP) is 5.13. The number of nitroso groups, excluding NO2 is 1. The van der Waals surface area contributed by atoms with Crippen molar-refractivity contribution >= 4 is 39.8 Å². The molecule has 0 aliphatic rings. The van der Waals surface area contributed by atoms with E-state index in [-0.39, 0.29) is 11.6 Å². The molecule has 7 heteroatoms. The van der Waals surface area contributed by atoms with E-state index in [2.05, 4.69) is 5.18 Å². The molecule has 0 aliphatic carbocycles. The van der Waals surface area contributed by atoms with Crippen LogP contribution < -0.4 is 4.74 Å². The molecule has 5 nitrogen and oxygen atoms in total. The summed E-state index contributed by atoms with van der Waals surface area (Å²) in [6, 6.07) is 12.0. The maximum absolute atomic E-state index is 11.0. The van der Waals surface area contributed by atoms with Crippen LogP contribution in [0.25, 0.3) is 10.9 Å². The van der Waals surface area contributed by atoms with Gasteiger partial charge in [-0.1, -0.05) is 23.2 Å². The molecule has 0 atom stereocenters.